The average molecular weight is 399 g/mol. The van der Waals surface area contributed by atoms with E-state index in [0.29, 0.717) is 11.5 Å². The van der Waals surface area contributed by atoms with E-state index < -0.39 is 0 Å². The van der Waals surface area contributed by atoms with Crippen molar-refractivity contribution in [2.24, 2.45) is 5.92 Å². The second kappa shape index (κ2) is 11.5. The quantitative estimate of drug-likeness (QED) is 0.403. The van der Waals surface area contributed by atoms with E-state index in [1.807, 2.05) is 18.2 Å². The molecular weight excluding hydrogens is 363 g/mol. The van der Waals surface area contributed by atoms with Crippen molar-refractivity contribution in [1.82, 2.24) is 0 Å². The average Bonchev–Trinajstić information content (AvgIpc) is 2.74. The highest BCUT2D eigenvalue weighted by molar-refractivity contribution is 5.64. The Morgan fingerprint density at radius 3 is 2.21 bits per heavy atom. The van der Waals surface area contributed by atoms with Crippen LogP contribution in [0.3, 0.4) is 0 Å². The van der Waals surface area contributed by atoms with Crippen molar-refractivity contribution in [2.75, 3.05) is 13.2 Å². The van der Waals surface area contributed by atoms with Gasteiger partial charge < -0.3 is 9.47 Å². The van der Waals surface area contributed by atoms with E-state index in [-0.39, 0.29) is 12.1 Å². The Balaban J connectivity index is 1.51. The number of unbranched alkanes of at least 4 members (excludes halogenated alkanes) is 2. The van der Waals surface area contributed by atoms with Crippen molar-refractivity contribution in [3.05, 3.63) is 59.4 Å². The minimum absolute atomic E-state index is 0.0968. The van der Waals surface area contributed by atoms with Crippen molar-refractivity contribution in [1.29, 1.82) is 0 Å². The molecule has 1 saturated heterocycles. The molecule has 0 bridgehead atoms. The predicted octanol–water partition coefficient (Wildman–Crippen LogP) is 6.95. The Bertz CT molecular complexity index is 733. The predicted molar refractivity (Wildman–Crippen MR) is 117 cm³/mol. The van der Waals surface area contributed by atoms with Gasteiger partial charge >= 0.3 is 0 Å². The van der Waals surface area contributed by atoms with Gasteiger partial charge in [-0.25, -0.2) is 4.39 Å². The molecule has 1 aliphatic heterocycles. The fourth-order valence-electron chi connectivity index (χ4n) is 3.99. The van der Waals surface area contributed by atoms with Gasteiger partial charge in [0.25, 0.3) is 0 Å². The number of halogens is 1. The minimum Gasteiger partial charge on any atom is -0.352 e. The van der Waals surface area contributed by atoms with Crippen LogP contribution in [0, 0.1) is 11.7 Å². The number of hydrogen-bond donors (Lipinski definition) is 0. The van der Waals surface area contributed by atoms with Crippen LogP contribution in [-0.4, -0.2) is 19.5 Å². The molecule has 29 heavy (non-hydrogen) atoms. The maximum Gasteiger partial charge on any atom is 0.157 e. The molecule has 2 aromatic rings. The Morgan fingerprint density at radius 2 is 1.55 bits per heavy atom. The molecule has 0 radical (unpaired) electrons. The molecule has 2 aromatic carbocycles. The normalized spacial score (nSPS) is 19.4. The summed E-state index contributed by atoms with van der Waals surface area (Å²) in [7, 11) is 0. The van der Waals surface area contributed by atoms with E-state index in [1.54, 1.807) is 6.07 Å². The highest BCUT2D eigenvalue weighted by Crippen LogP contribution is 2.26. The molecule has 1 heterocycles. The molecular formula is C26H35FO2. The number of hydrogen-bond acceptors (Lipinski definition) is 2. The van der Waals surface area contributed by atoms with E-state index in [9.17, 15) is 4.39 Å². The molecule has 0 unspecified atom stereocenters. The Labute approximate surface area is 175 Å². The first-order valence-electron chi connectivity index (χ1n) is 11.3. The Morgan fingerprint density at radius 1 is 0.828 bits per heavy atom. The molecule has 158 valence electrons. The van der Waals surface area contributed by atoms with Crippen molar-refractivity contribution >= 4 is 0 Å². The van der Waals surface area contributed by atoms with Crippen LogP contribution in [0.15, 0.2) is 42.5 Å². The van der Waals surface area contributed by atoms with E-state index in [2.05, 4.69) is 32.0 Å². The summed E-state index contributed by atoms with van der Waals surface area (Å²) in [6, 6.07) is 13.9. The van der Waals surface area contributed by atoms with Gasteiger partial charge in [0.1, 0.15) is 5.82 Å². The van der Waals surface area contributed by atoms with Crippen LogP contribution >= 0.6 is 0 Å². The summed E-state index contributed by atoms with van der Waals surface area (Å²) < 4.78 is 26.3. The van der Waals surface area contributed by atoms with Gasteiger partial charge in [-0.1, -0.05) is 69.5 Å². The molecule has 1 aliphatic rings. The lowest BCUT2D eigenvalue weighted by atomic mass is 9.99. The van der Waals surface area contributed by atoms with E-state index in [1.165, 1.54) is 31.2 Å². The van der Waals surface area contributed by atoms with Crippen LogP contribution in [0.1, 0.15) is 63.5 Å². The van der Waals surface area contributed by atoms with Crippen molar-refractivity contribution in [3.8, 4) is 11.1 Å². The number of benzene rings is 2. The van der Waals surface area contributed by atoms with E-state index >= 15 is 0 Å². The number of rotatable bonds is 10. The van der Waals surface area contributed by atoms with Crippen LogP contribution in [-0.2, 0) is 22.3 Å². The van der Waals surface area contributed by atoms with E-state index in [0.717, 1.165) is 50.0 Å². The van der Waals surface area contributed by atoms with Crippen molar-refractivity contribution < 1.29 is 13.9 Å². The van der Waals surface area contributed by atoms with Gasteiger partial charge in [-0.3, -0.25) is 0 Å². The summed E-state index contributed by atoms with van der Waals surface area (Å²) in [5.74, 6) is 0.417. The third-order valence-corrected chi connectivity index (χ3v) is 5.77. The summed E-state index contributed by atoms with van der Waals surface area (Å²) in [5, 5.41) is 0. The van der Waals surface area contributed by atoms with Crippen LogP contribution in [0.4, 0.5) is 4.39 Å². The summed E-state index contributed by atoms with van der Waals surface area (Å²) in [4.78, 5) is 0. The molecule has 0 spiro atoms. The zero-order valence-electron chi connectivity index (χ0n) is 18.0. The summed E-state index contributed by atoms with van der Waals surface area (Å²) in [5.41, 5.74) is 3.92. The smallest absolute Gasteiger partial charge is 0.157 e. The maximum absolute atomic E-state index is 14.6. The summed E-state index contributed by atoms with van der Waals surface area (Å²) in [6.07, 6.45) is 8.47. The molecule has 0 atom stereocenters. The fourth-order valence-corrected chi connectivity index (χ4v) is 3.99. The zero-order valence-corrected chi connectivity index (χ0v) is 18.0. The first-order valence-corrected chi connectivity index (χ1v) is 11.3. The lowest BCUT2D eigenvalue weighted by Crippen LogP contribution is -2.32. The molecule has 3 rings (SSSR count). The lowest BCUT2D eigenvalue weighted by molar-refractivity contribution is -0.203. The highest BCUT2D eigenvalue weighted by atomic mass is 19.1. The third-order valence-electron chi connectivity index (χ3n) is 5.77. The van der Waals surface area contributed by atoms with Gasteiger partial charge in [-0.05, 0) is 48.4 Å². The first-order chi connectivity index (χ1) is 14.2. The zero-order chi connectivity index (χ0) is 20.5. The highest BCUT2D eigenvalue weighted by Gasteiger charge is 2.21. The van der Waals surface area contributed by atoms with Crippen LogP contribution < -0.4 is 0 Å². The molecule has 2 nitrogen and oxygen atoms in total. The van der Waals surface area contributed by atoms with Gasteiger partial charge in [-0.15, -0.1) is 0 Å². The lowest BCUT2D eigenvalue weighted by Gasteiger charge is -2.29. The van der Waals surface area contributed by atoms with Crippen LogP contribution in [0.5, 0.6) is 0 Å². The molecule has 0 aromatic heterocycles. The van der Waals surface area contributed by atoms with Gasteiger partial charge in [0.05, 0.1) is 13.2 Å². The molecule has 0 aliphatic carbocycles. The minimum atomic E-state index is -0.127. The van der Waals surface area contributed by atoms with E-state index in [4.69, 9.17) is 9.47 Å². The number of aryl methyl sites for hydroxylation is 2. The Hall–Kier alpha value is -1.71. The molecule has 1 fully saturated rings. The maximum atomic E-state index is 14.6. The molecule has 0 saturated carbocycles. The molecule has 0 amide bonds. The van der Waals surface area contributed by atoms with Gasteiger partial charge in [0.2, 0.25) is 0 Å². The standard InChI is InChI=1S/C26H35FO2/c1-3-5-6-8-21-11-15-24(25(27)17-21)23-13-9-20(10-14-23)12-16-26-28-18-22(7-4-2)19-29-26/h9-11,13-15,17,22,26H,3-8,12,16,18-19H2,1-2H3. The van der Waals surface area contributed by atoms with Gasteiger partial charge in [-0.2, -0.15) is 0 Å². The monoisotopic (exact) mass is 398 g/mol. The van der Waals surface area contributed by atoms with Crippen molar-refractivity contribution in [2.45, 2.75) is 71.5 Å². The van der Waals surface area contributed by atoms with Gasteiger partial charge in [0, 0.05) is 17.9 Å². The van der Waals surface area contributed by atoms with Crippen LogP contribution in [0.2, 0.25) is 0 Å². The summed E-state index contributed by atoms with van der Waals surface area (Å²) in [6.45, 7) is 6.01. The molecule has 0 N–H and O–H groups in total. The van der Waals surface area contributed by atoms with Gasteiger partial charge in [0.15, 0.2) is 6.29 Å². The first kappa shape index (κ1) is 22.0. The Kier molecular flexibility index (Phi) is 8.69. The van der Waals surface area contributed by atoms with Crippen molar-refractivity contribution in [3.63, 3.8) is 0 Å². The summed E-state index contributed by atoms with van der Waals surface area (Å²) >= 11 is 0. The second-order valence-electron chi connectivity index (χ2n) is 8.26. The third kappa shape index (κ3) is 6.65. The molecule has 3 heteroatoms. The second-order valence-corrected chi connectivity index (χ2v) is 8.26. The largest absolute Gasteiger partial charge is 0.352 e. The van der Waals surface area contributed by atoms with Crippen LogP contribution in [0.25, 0.3) is 11.1 Å². The SMILES string of the molecule is CCCCCc1ccc(-c2ccc(CCC3OCC(CCC)CO3)cc2)c(F)c1. The topological polar surface area (TPSA) is 18.5 Å². The fraction of sp³-hybridized carbons (Fsp3) is 0.538. The number of ether oxygens (including phenoxy) is 2.